The van der Waals surface area contributed by atoms with Crippen molar-refractivity contribution in [2.24, 2.45) is 0 Å². The van der Waals surface area contributed by atoms with Gasteiger partial charge in [-0.05, 0) is 71.5 Å². The Morgan fingerprint density at radius 2 is 1.81 bits per heavy atom. The molecule has 0 aliphatic rings. The Kier molecular flexibility index (Phi) is 3.33. The molecule has 16 heavy (non-hydrogen) atoms. The largest absolute Gasteiger partial charge is 0.399 e. The van der Waals surface area contributed by atoms with Crippen molar-refractivity contribution in [3.63, 3.8) is 0 Å². The molecule has 3 heteroatoms. The summed E-state index contributed by atoms with van der Waals surface area (Å²) < 4.78 is 1.22. The van der Waals surface area contributed by atoms with Crippen molar-refractivity contribution in [1.29, 1.82) is 0 Å². The molecule has 0 saturated heterocycles. The van der Waals surface area contributed by atoms with Gasteiger partial charge in [0, 0.05) is 20.6 Å². The van der Waals surface area contributed by atoms with E-state index in [1.54, 1.807) is 0 Å². The van der Waals surface area contributed by atoms with Gasteiger partial charge in [0.25, 0.3) is 0 Å². The SMILES string of the molecule is Cc1cc(Nc2cccc(I)c2)ccc1N. The van der Waals surface area contributed by atoms with Gasteiger partial charge < -0.3 is 11.1 Å². The molecule has 0 atom stereocenters. The maximum atomic E-state index is 5.78. The third kappa shape index (κ3) is 2.66. The van der Waals surface area contributed by atoms with Crippen LogP contribution in [-0.2, 0) is 0 Å². The van der Waals surface area contributed by atoms with Crippen LogP contribution < -0.4 is 11.1 Å². The summed E-state index contributed by atoms with van der Waals surface area (Å²) in [6.07, 6.45) is 0. The van der Waals surface area contributed by atoms with E-state index in [4.69, 9.17) is 5.73 Å². The number of nitrogen functional groups attached to an aromatic ring is 1. The number of anilines is 3. The van der Waals surface area contributed by atoms with E-state index in [9.17, 15) is 0 Å². The number of nitrogens with two attached hydrogens (primary N) is 1. The minimum atomic E-state index is 0.827. The summed E-state index contributed by atoms with van der Waals surface area (Å²) >= 11 is 2.30. The molecule has 2 rings (SSSR count). The van der Waals surface area contributed by atoms with Crippen LogP contribution >= 0.6 is 22.6 Å². The smallest absolute Gasteiger partial charge is 0.0394 e. The van der Waals surface area contributed by atoms with Crippen LogP contribution in [0.1, 0.15) is 5.56 Å². The second-order valence-corrected chi connectivity index (χ2v) is 4.95. The van der Waals surface area contributed by atoms with Gasteiger partial charge in [-0.25, -0.2) is 0 Å². The predicted molar refractivity (Wildman–Crippen MR) is 78.0 cm³/mol. The monoisotopic (exact) mass is 324 g/mol. The van der Waals surface area contributed by atoms with Crippen LogP contribution in [0.2, 0.25) is 0 Å². The van der Waals surface area contributed by atoms with Crippen LogP contribution in [-0.4, -0.2) is 0 Å². The fourth-order valence-electron chi connectivity index (χ4n) is 1.49. The van der Waals surface area contributed by atoms with Crippen molar-refractivity contribution in [2.75, 3.05) is 11.1 Å². The highest BCUT2D eigenvalue weighted by Crippen LogP contribution is 2.21. The lowest BCUT2D eigenvalue weighted by molar-refractivity contribution is 1.45. The van der Waals surface area contributed by atoms with Gasteiger partial charge in [0.05, 0.1) is 0 Å². The molecule has 0 aliphatic carbocycles. The van der Waals surface area contributed by atoms with Gasteiger partial charge in [-0.15, -0.1) is 0 Å². The normalized spacial score (nSPS) is 10.1. The molecule has 2 aromatic carbocycles. The fraction of sp³-hybridized carbons (Fsp3) is 0.0769. The van der Waals surface area contributed by atoms with E-state index < -0.39 is 0 Å². The van der Waals surface area contributed by atoms with E-state index in [0.717, 1.165) is 22.6 Å². The molecule has 0 amide bonds. The molecule has 2 nitrogen and oxygen atoms in total. The zero-order valence-electron chi connectivity index (χ0n) is 9.00. The number of aryl methyl sites for hydroxylation is 1. The van der Waals surface area contributed by atoms with Crippen LogP contribution in [0.4, 0.5) is 17.1 Å². The van der Waals surface area contributed by atoms with E-state index in [1.807, 2.05) is 31.2 Å². The van der Waals surface area contributed by atoms with E-state index in [1.165, 1.54) is 3.57 Å². The lowest BCUT2D eigenvalue weighted by Gasteiger charge is -2.08. The summed E-state index contributed by atoms with van der Waals surface area (Å²) in [5.41, 5.74) is 9.85. The zero-order valence-corrected chi connectivity index (χ0v) is 11.2. The number of hydrogen-bond acceptors (Lipinski definition) is 2. The Hall–Kier alpha value is -1.23. The molecule has 0 radical (unpaired) electrons. The Morgan fingerprint density at radius 1 is 1.06 bits per heavy atom. The van der Waals surface area contributed by atoms with Gasteiger partial charge in [-0.2, -0.15) is 0 Å². The highest BCUT2D eigenvalue weighted by molar-refractivity contribution is 14.1. The maximum absolute atomic E-state index is 5.78. The first-order valence-electron chi connectivity index (χ1n) is 5.04. The number of halogens is 1. The minimum Gasteiger partial charge on any atom is -0.399 e. The van der Waals surface area contributed by atoms with E-state index >= 15 is 0 Å². The van der Waals surface area contributed by atoms with Gasteiger partial charge in [-0.3, -0.25) is 0 Å². The molecule has 3 N–H and O–H groups in total. The quantitative estimate of drug-likeness (QED) is 0.649. The van der Waals surface area contributed by atoms with Crippen molar-refractivity contribution < 1.29 is 0 Å². The van der Waals surface area contributed by atoms with Crippen LogP contribution in [0, 0.1) is 10.5 Å². The number of nitrogens with one attached hydrogen (secondary N) is 1. The first kappa shape index (κ1) is 11.3. The Balaban J connectivity index is 2.24. The van der Waals surface area contributed by atoms with Crippen LogP contribution in [0.3, 0.4) is 0 Å². The van der Waals surface area contributed by atoms with Crippen molar-refractivity contribution >= 4 is 39.7 Å². The standard InChI is InChI=1S/C13H13IN2/c1-9-7-12(5-6-13(9)15)16-11-4-2-3-10(14)8-11/h2-8,16H,15H2,1H3. The molecule has 0 spiro atoms. The number of benzene rings is 2. The first-order valence-corrected chi connectivity index (χ1v) is 6.12. The molecule has 0 saturated carbocycles. The predicted octanol–water partition coefficient (Wildman–Crippen LogP) is 3.93. The lowest BCUT2D eigenvalue weighted by atomic mass is 10.2. The summed E-state index contributed by atoms with van der Waals surface area (Å²) in [6.45, 7) is 2.01. The van der Waals surface area contributed by atoms with Crippen LogP contribution in [0.15, 0.2) is 42.5 Å². The average Bonchev–Trinajstić information content (AvgIpc) is 2.24. The minimum absolute atomic E-state index is 0.827. The fourth-order valence-corrected chi connectivity index (χ4v) is 2.03. The van der Waals surface area contributed by atoms with Gasteiger partial charge in [-0.1, -0.05) is 6.07 Å². The molecule has 0 aromatic heterocycles. The first-order chi connectivity index (χ1) is 7.65. The van der Waals surface area contributed by atoms with Gasteiger partial charge in [0.15, 0.2) is 0 Å². The molecule has 0 aliphatic heterocycles. The van der Waals surface area contributed by atoms with Gasteiger partial charge in [0.1, 0.15) is 0 Å². The molecule has 2 aromatic rings. The van der Waals surface area contributed by atoms with Gasteiger partial charge in [0.2, 0.25) is 0 Å². The molecular weight excluding hydrogens is 311 g/mol. The summed E-state index contributed by atoms with van der Waals surface area (Å²) in [5.74, 6) is 0. The Labute approximate surface area is 109 Å². The van der Waals surface area contributed by atoms with Crippen LogP contribution in [0.5, 0.6) is 0 Å². The van der Waals surface area contributed by atoms with E-state index in [2.05, 4.69) is 46.1 Å². The summed E-state index contributed by atoms with van der Waals surface area (Å²) in [6, 6.07) is 14.2. The zero-order chi connectivity index (χ0) is 11.5. The van der Waals surface area contributed by atoms with E-state index in [-0.39, 0.29) is 0 Å². The summed E-state index contributed by atoms with van der Waals surface area (Å²) in [4.78, 5) is 0. The number of hydrogen-bond donors (Lipinski definition) is 2. The summed E-state index contributed by atoms with van der Waals surface area (Å²) in [7, 11) is 0. The highest BCUT2D eigenvalue weighted by atomic mass is 127. The molecule has 82 valence electrons. The summed E-state index contributed by atoms with van der Waals surface area (Å²) in [5, 5.41) is 3.35. The highest BCUT2D eigenvalue weighted by Gasteiger charge is 1.98. The van der Waals surface area contributed by atoms with Crippen molar-refractivity contribution in [2.45, 2.75) is 6.92 Å². The van der Waals surface area contributed by atoms with Crippen LogP contribution in [0.25, 0.3) is 0 Å². The molecular formula is C13H13IN2. The Bertz CT molecular complexity index is 509. The molecule has 0 heterocycles. The maximum Gasteiger partial charge on any atom is 0.0394 e. The van der Waals surface area contributed by atoms with Gasteiger partial charge >= 0.3 is 0 Å². The lowest BCUT2D eigenvalue weighted by Crippen LogP contribution is -1.94. The average molecular weight is 324 g/mol. The van der Waals surface area contributed by atoms with Crippen molar-refractivity contribution in [3.8, 4) is 0 Å². The third-order valence-electron chi connectivity index (χ3n) is 2.38. The topological polar surface area (TPSA) is 38.0 Å². The molecule has 0 bridgehead atoms. The molecule has 0 unspecified atom stereocenters. The third-order valence-corrected chi connectivity index (χ3v) is 3.05. The number of rotatable bonds is 2. The molecule has 0 fully saturated rings. The Morgan fingerprint density at radius 3 is 2.50 bits per heavy atom. The van der Waals surface area contributed by atoms with E-state index in [0.29, 0.717) is 0 Å². The second kappa shape index (κ2) is 4.74. The van der Waals surface area contributed by atoms with Crippen molar-refractivity contribution in [3.05, 3.63) is 51.6 Å². The van der Waals surface area contributed by atoms with Crippen molar-refractivity contribution in [1.82, 2.24) is 0 Å². The second-order valence-electron chi connectivity index (χ2n) is 3.71.